The normalized spacial score (nSPS) is 18.1. The molecule has 2 aliphatic rings. The lowest BCUT2D eigenvalue weighted by Crippen LogP contribution is -2.33. The molecule has 3 N–H and O–H groups in total. The molecule has 0 saturated carbocycles. The summed E-state index contributed by atoms with van der Waals surface area (Å²) in [6.07, 6.45) is 0.842. The maximum Gasteiger partial charge on any atom is 0.278 e. The molecular formula is C19H19N3O3. The minimum Gasteiger partial charge on any atom is -0.410 e. The van der Waals surface area contributed by atoms with Gasteiger partial charge in [-0.1, -0.05) is 35.5 Å². The van der Waals surface area contributed by atoms with Gasteiger partial charge in [0.1, 0.15) is 0 Å². The highest BCUT2D eigenvalue weighted by molar-refractivity contribution is 6.54. The van der Waals surface area contributed by atoms with Gasteiger partial charge in [0.25, 0.3) is 5.91 Å². The van der Waals surface area contributed by atoms with Gasteiger partial charge in [-0.15, -0.1) is 0 Å². The van der Waals surface area contributed by atoms with E-state index in [0.717, 1.165) is 35.3 Å². The van der Waals surface area contributed by atoms with Crippen LogP contribution in [-0.4, -0.2) is 46.5 Å². The van der Waals surface area contributed by atoms with Crippen LogP contribution in [0.5, 0.6) is 0 Å². The standard InChI is InChI=1S/C19H19N3O3/c23-9-8-22-7-6-13-14(12-4-2-1-3-5-12)10-15-17(16(13)11-22)20-19(24)18(15)21-25/h1-5,10,23,25H,6-9,11H2,(H,20,21,24). The number of nitrogens with zero attached hydrogens (tertiary/aromatic N) is 2. The molecule has 6 heteroatoms. The van der Waals surface area contributed by atoms with E-state index in [0.29, 0.717) is 18.7 Å². The van der Waals surface area contributed by atoms with Crippen LogP contribution in [-0.2, 0) is 17.8 Å². The lowest BCUT2D eigenvalue weighted by atomic mass is 9.87. The second kappa shape index (κ2) is 6.31. The van der Waals surface area contributed by atoms with E-state index < -0.39 is 0 Å². The van der Waals surface area contributed by atoms with Crippen LogP contribution in [0, 0.1) is 0 Å². The van der Waals surface area contributed by atoms with Crippen molar-refractivity contribution < 1.29 is 15.1 Å². The number of benzene rings is 2. The molecule has 2 aromatic rings. The van der Waals surface area contributed by atoms with Crippen molar-refractivity contribution in [1.82, 2.24) is 4.90 Å². The number of amides is 1. The van der Waals surface area contributed by atoms with Gasteiger partial charge >= 0.3 is 0 Å². The maximum atomic E-state index is 12.1. The molecule has 25 heavy (non-hydrogen) atoms. The van der Waals surface area contributed by atoms with E-state index in [2.05, 4.69) is 15.4 Å². The van der Waals surface area contributed by atoms with Gasteiger partial charge in [0.05, 0.1) is 12.3 Å². The Morgan fingerprint density at radius 2 is 1.96 bits per heavy atom. The summed E-state index contributed by atoms with van der Waals surface area (Å²) < 4.78 is 0. The number of hydrogen-bond donors (Lipinski definition) is 3. The molecule has 2 aromatic carbocycles. The van der Waals surface area contributed by atoms with Gasteiger partial charge in [0, 0.05) is 25.2 Å². The second-order valence-electron chi connectivity index (χ2n) is 6.32. The lowest BCUT2D eigenvalue weighted by Gasteiger charge is -2.31. The molecule has 0 fully saturated rings. The summed E-state index contributed by atoms with van der Waals surface area (Å²) in [5.74, 6) is -0.385. The Hall–Kier alpha value is -2.70. The fourth-order valence-electron chi connectivity index (χ4n) is 3.74. The van der Waals surface area contributed by atoms with Crippen LogP contribution in [0.2, 0.25) is 0 Å². The molecule has 0 aliphatic carbocycles. The third-order valence-electron chi connectivity index (χ3n) is 4.92. The van der Waals surface area contributed by atoms with Crippen LogP contribution in [0.1, 0.15) is 16.7 Å². The average molecular weight is 337 g/mol. The molecular weight excluding hydrogens is 318 g/mol. The Bertz CT molecular complexity index is 862. The molecule has 0 bridgehead atoms. The highest BCUT2D eigenvalue weighted by atomic mass is 16.4. The quantitative estimate of drug-likeness (QED) is 0.589. The summed E-state index contributed by atoms with van der Waals surface area (Å²) in [7, 11) is 0. The highest BCUT2D eigenvalue weighted by Crippen LogP contribution is 2.40. The Kier molecular flexibility index (Phi) is 3.99. The maximum absolute atomic E-state index is 12.1. The Morgan fingerprint density at radius 3 is 2.68 bits per heavy atom. The topological polar surface area (TPSA) is 85.2 Å². The molecule has 1 amide bonds. The first kappa shape index (κ1) is 15.8. The second-order valence-corrected chi connectivity index (χ2v) is 6.32. The lowest BCUT2D eigenvalue weighted by molar-refractivity contribution is -0.110. The number of oxime groups is 1. The van der Waals surface area contributed by atoms with Crippen LogP contribution in [0.4, 0.5) is 5.69 Å². The molecule has 6 nitrogen and oxygen atoms in total. The van der Waals surface area contributed by atoms with Gasteiger partial charge in [-0.2, -0.15) is 0 Å². The molecule has 0 saturated heterocycles. The zero-order valence-electron chi connectivity index (χ0n) is 13.7. The first-order valence-electron chi connectivity index (χ1n) is 8.34. The summed E-state index contributed by atoms with van der Waals surface area (Å²) >= 11 is 0. The average Bonchev–Trinajstić information content (AvgIpc) is 2.97. The van der Waals surface area contributed by atoms with Crippen molar-refractivity contribution in [3.63, 3.8) is 0 Å². The van der Waals surface area contributed by atoms with Gasteiger partial charge in [0.15, 0.2) is 5.71 Å². The number of rotatable bonds is 3. The molecule has 0 atom stereocenters. The number of hydrogen-bond acceptors (Lipinski definition) is 5. The minimum atomic E-state index is -0.385. The first-order chi connectivity index (χ1) is 12.2. The molecule has 0 unspecified atom stereocenters. The van der Waals surface area contributed by atoms with Crippen LogP contribution >= 0.6 is 0 Å². The van der Waals surface area contributed by atoms with E-state index >= 15 is 0 Å². The molecule has 0 radical (unpaired) electrons. The van der Waals surface area contributed by atoms with E-state index in [1.165, 1.54) is 5.56 Å². The predicted molar refractivity (Wildman–Crippen MR) is 94.9 cm³/mol. The fraction of sp³-hybridized carbons (Fsp3) is 0.263. The smallest absolute Gasteiger partial charge is 0.278 e. The fourth-order valence-corrected chi connectivity index (χ4v) is 3.74. The third kappa shape index (κ3) is 2.59. The largest absolute Gasteiger partial charge is 0.410 e. The molecule has 2 aliphatic heterocycles. The van der Waals surface area contributed by atoms with Gasteiger partial charge < -0.3 is 15.6 Å². The van der Waals surface area contributed by atoms with Crippen molar-refractivity contribution in [3.05, 3.63) is 53.1 Å². The summed E-state index contributed by atoms with van der Waals surface area (Å²) in [6, 6.07) is 12.0. The third-order valence-corrected chi connectivity index (χ3v) is 4.92. The van der Waals surface area contributed by atoms with Crippen molar-refractivity contribution in [1.29, 1.82) is 0 Å². The summed E-state index contributed by atoms with van der Waals surface area (Å²) in [6.45, 7) is 2.21. The Morgan fingerprint density at radius 1 is 1.16 bits per heavy atom. The number of aliphatic hydroxyl groups is 1. The predicted octanol–water partition coefficient (Wildman–Crippen LogP) is 1.83. The molecule has 2 heterocycles. The van der Waals surface area contributed by atoms with Gasteiger partial charge in [-0.25, -0.2) is 0 Å². The van der Waals surface area contributed by atoms with Crippen LogP contribution in [0.15, 0.2) is 41.6 Å². The van der Waals surface area contributed by atoms with Gasteiger partial charge in [0.2, 0.25) is 0 Å². The zero-order valence-corrected chi connectivity index (χ0v) is 13.7. The van der Waals surface area contributed by atoms with Crippen molar-refractivity contribution in [2.24, 2.45) is 5.16 Å². The number of β-amino-alcohol motifs (C(OH)–C–C–N with tert-alkyl or cyclic N) is 1. The van der Waals surface area contributed by atoms with E-state index in [9.17, 15) is 15.1 Å². The molecule has 0 aromatic heterocycles. The van der Waals surface area contributed by atoms with Gasteiger partial charge in [-0.05, 0) is 34.7 Å². The van der Waals surface area contributed by atoms with E-state index in [1.807, 2.05) is 36.4 Å². The van der Waals surface area contributed by atoms with Crippen molar-refractivity contribution in [3.8, 4) is 11.1 Å². The van der Waals surface area contributed by atoms with E-state index in [-0.39, 0.29) is 18.2 Å². The molecule has 4 rings (SSSR count). The molecule has 128 valence electrons. The van der Waals surface area contributed by atoms with Crippen molar-refractivity contribution in [2.45, 2.75) is 13.0 Å². The SMILES string of the molecule is O=C1Nc2c(cc(-c3ccccc3)c3c2CN(CCO)CC3)/C1=N\O. The minimum absolute atomic E-state index is 0.0502. The zero-order chi connectivity index (χ0) is 17.4. The number of anilines is 1. The summed E-state index contributed by atoms with van der Waals surface area (Å²) in [5, 5.41) is 24.6. The van der Waals surface area contributed by atoms with Gasteiger partial charge in [-0.3, -0.25) is 9.69 Å². The Labute approximate surface area is 145 Å². The van der Waals surface area contributed by atoms with E-state index in [4.69, 9.17) is 0 Å². The summed E-state index contributed by atoms with van der Waals surface area (Å²) in [4.78, 5) is 14.3. The number of fused-ring (bicyclic) bond motifs is 3. The van der Waals surface area contributed by atoms with Crippen molar-refractivity contribution >= 4 is 17.3 Å². The number of carbonyl (C=O) groups is 1. The summed E-state index contributed by atoms with van der Waals surface area (Å²) in [5.41, 5.74) is 5.81. The molecule has 0 spiro atoms. The van der Waals surface area contributed by atoms with E-state index in [1.54, 1.807) is 0 Å². The number of aliphatic hydroxyl groups excluding tert-OH is 1. The van der Waals surface area contributed by atoms with Crippen molar-refractivity contribution in [2.75, 3.05) is 25.0 Å². The number of carbonyl (C=O) groups excluding carboxylic acids is 1. The van der Waals surface area contributed by atoms with Crippen LogP contribution < -0.4 is 5.32 Å². The highest BCUT2D eigenvalue weighted by Gasteiger charge is 2.33. The van der Waals surface area contributed by atoms with Crippen LogP contribution in [0.25, 0.3) is 11.1 Å². The first-order valence-corrected chi connectivity index (χ1v) is 8.34. The Balaban J connectivity index is 1.92. The number of nitrogens with one attached hydrogen (secondary N) is 1. The monoisotopic (exact) mass is 337 g/mol. The van der Waals surface area contributed by atoms with Crippen LogP contribution in [0.3, 0.4) is 0 Å².